The minimum absolute atomic E-state index is 0.127. The molecule has 3 nitrogen and oxygen atoms in total. The van der Waals surface area contributed by atoms with Crippen LogP contribution >= 0.6 is 11.6 Å². The molecule has 18 heavy (non-hydrogen) atoms. The minimum Gasteiger partial charge on any atom is -0.507 e. The molecule has 0 unspecified atom stereocenters. The third kappa shape index (κ3) is 2.34. The zero-order valence-electron chi connectivity index (χ0n) is 9.22. The predicted molar refractivity (Wildman–Crippen MR) is 69.3 cm³/mol. The Hall–Kier alpha value is -2.31. The van der Waals surface area contributed by atoms with Crippen LogP contribution in [0.5, 0.6) is 5.75 Å². The van der Waals surface area contributed by atoms with Crippen LogP contribution in [0.4, 0.5) is 5.69 Å². The number of hydrogen-bond acceptors (Lipinski definition) is 2. The number of phenolic OH excluding ortho intramolecular Hbond substituents is 1. The molecule has 88 valence electrons. The highest BCUT2D eigenvalue weighted by atomic mass is 35.5. The molecule has 0 spiro atoms. The molecule has 0 aliphatic heterocycles. The number of halogens is 1. The molecule has 2 rings (SSSR count). The maximum absolute atomic E-state index is 12.2. The molecule has 1 N–H and O–H groups in total. The molecule has 0 amide bonds. The van der Waals surface area contributed by atoms with Gasteiger partial charge >= 0.3 is 0 Å². The van der Waals surface area contributed by atoms with E-state index < -0.39 is 0 Å². The zero-order chi connectivity index (χ0) is 13.1. The number of nitrogens with zero attached hydrogens (tertiary/aromatic N) is 1. The van der Waals surface area contributed by atoms with Crippen LogP contribution in [0, 0.1) is 6.57 Å². The minimum atomic E-state index is -0.361. The van der Waals surface area contributed by atoms with Gasteiger partial charge in [-0.3, -0.25) is 4.79 Å². The second kappa shape index (κ2) is 4.91. The number of hydrogen-bond donors (Lipinski definition) is 1. The summed E-state index contributed by atoms with van der Waals surface area (Å²) >= 11 is 5.80. The molecule has 0 fully saturated rings. The summed E-state index contributed by atoms with van der Waals surface area (Å²) in [5.74, 6) is -0.488. The summed E-state index contributed by atoms with van der Waals surface area (Å²) in [5, 5.41) is 10.0. The summed E-state index contributed by atoms with van der Waals surface area (Å²) in [6.07, 6.45) is 0. The molecule has 0 saturated carbocycles. The van der Waals surface area contributed by atoms with Crippen molar-refractivity contribution in [3.63, 3.8) is 0 Å². The van der Waals surface area contributed by atoms with Crippen LogP contribution in [0.2, 0.25) is 5.02 Å². The highest BCUT2D eigenvalue weighted by Crippen LogP contribution is 2.25. The Bertz CT molecular complexity index is 659. The van der Waals surface area contributed by atoms with E-state index in [1.165, 1.54) is 24.3 Å². The third-order valence-electron chi connectivity index (χ3n) is 2.44. The number of benzene rings is 2. The molecule has 0 aliphatic carbocycles. The molecule has 0 saturated heterocycles. The fourth-order valence-electron chi connectivity index (χ4n) is 1.56. The summed E-state index contributed by atoms with van der Waals surface area (Å²) in [4.78, 5) is 15.4. The first-order chi connectivity index (χ1) is 8.61. The maximum atomic E-state index is 12.2. The van der Waals surface area contributed by atoms with E-state index in [0.29, 0.717) is 16.3 Å². The van der Waals surface area contributed by atoms with Crippen LogP contribution < -0.4 is 0 Å². The lowest BCUT2D eigenvalue weighted by Gasteiger charge is -2.04. The van der Waals surface area contributed by atoms with Crippen molar-refractivity contribution in [1.29, 1.82) is 0 Å². The van der Waals surface area contributed by atoms with Crippen molar-refractivity contribution in [3.05, 3.63) is 70.0 Å². The van der Waals surface area contributed by atoms with Crippen LogP contribution in [-0.4, -0.2) is 10.9 Å². The van der Waals surface area contributed by atoms with Gasteiger partial charge in [0.2, 0.25) is 0 Å². The molecular formula is C14H8ClNO2. The van der Waals surface area contributed by atoms with Crippen molar-refractivity contribution in [2.75, 3.05) is 0 Å². The van der Waals surface area contributed by atoms with Crippen LogP contribution in [0.15, 0.2) is 42.5 Å². The van der Waals surface area contributed by atoms with Crippen LogP contribution in [-0.2, 0) is 0 Å². The third-order valence-corrected chi connectivity index (χ3v) is 2.68. The first-order valence-corrected chi connectivity index (χ1v) is 5.50. The molecule has 4 heteroatoms. The average molecular weight is 258 g/mol. The topological polar surface area (TPSA) is 41.7 Å². The predicted octanol–water partition coefficient (Wildman–Crippen LogP) is 3.83. The van der Waals surface area contributed by atoms with Crippen molar-refractivity contribution in [1.82, 2.24) is 0 Å². The van der Waals surface area contributed by atoms with Gasteiger partial charge in [0.05, 0.1) is 12.1 Å². The molecule has 0 atom stereocenters. The van der Waals surface area contributed by atoms with Gasteiger partial charge < -0.3 is 5.11 Å². The van der Waals surface area contributed by atoms with Crippen molar-refractivity contribution in [2.24, 2.45) is 0 Å². The SMILES string of the molecule is [C-]#[N+]c1cccc(C(=O)c2cc(Cl)ccc2O)c1. The van der Waals surface area contributed by atoms with Gasteiger partial charge in [0.15, 0.2) is 11.5 Å². The number of carbonyl (C=O) groups excluding carboxylic acids is 1. The lowest BCUT2D eigenvalue weighted by Crippen LogP contribution is -2.01. The number of carbonyl (C=O) groups is 1. The Labute approximate surface area is 109 Å². The normalized spacial score (nSPS) is 9.78. The van der Waals surface area contributed by atoms with Crippen molar-refractivity contribution in [2.45, 2.75) is 0 Å². The number of phenols is 1. The largest absolute Gasteiger partial charge is 0.507 e. The van der Waals surface area contributed by atoms with Crippen molar-refractivity contribution in [3.8, 4) is 5.75 Å². The van der Waals surface area contributed by atoms with Gasteiger partial charge in [0.1, 0.15) is 5.75 Å². The summed E-state index contributed by atoms with van der Waals surface area (Å²) in [5.41, 5.74) is 0.855. The second-order valence-corrected chi connectivity index (χ2v) is 4.09. The van der Waals surface area contributed by atoms with Gasteiger partial charge in [-0.25, -0.2) is 4.85 Å². The zero-order valence-corrected chi connectivity index (χ0v) is 9.98. The fraction of sp³-hybridized carbons (Fsp3) is 0. The molecule has 0 aromatic heterocycles. The van der Waals surface area contributed by atoms with Crippen LogP contribution in [0.25, 0.3) is 4.85 Å². The Balaban J connectivity index is 2.48. The summed E-state index contributed by atoms with van der Waals surface area (Å²) in [6.45, 7) is 6.91. The number of ketones is 1. The van der Waals surface area contributed by atoms with Gasteiger partial charge in [-0.05, 0) is 24.3 Å². The second-order valence-electron chi connectivity index (χ2n) is 3.65. The van der Waals surface area contributed by atoms with Gasteiger partial charge in [-0.2, -0.15) is 0 Å². The standard InChI is InChI=1S/C14H8ClNO2/c1-16-11-4-2-3-9(7-11)14(18)12-8-10(15)5-6-13(12)17/h2-8,17H. The van der Waals surface area contributed by atoms with E-state index in [1.807, 2.05) is 0 Å². The summed E-state index contributed by atoms with van der Waals surface area (Å²) in [7, 11) is 0. The lowest BCUT2D eigenvalue weighted by atomic mass is 10.0. The fourth-order valence-corrected chi connectivity index (χ4v) is 1.73. The van der Waals surface area contributed by atoms with Gasteiger partial charge in [0.25, 0.3) is 0 Å². The van der Waals surface area contributed by atoms with Crippen LogP contribution in [0.1, 0.15) is 15.9 Å². The van der Waals surface area contributed by atoms with Gasteiger partial charge in [-0.15, -0.1) is 0 Å². The average Bonchev–Trinajstić information content (AvgIpc) is 2.41. The molecule has 0 bridgehead atoms. The highest BCUT2D eigenvalue weighted by Gasteiger charge is 2.14. The molecule has 0 heterocycles. The van der Waals surface area contributed by atoms with Crippen molar-refractivity contribution >= 4 is 23.1 Å². The quantitative estimate of drug-likeness (QED) is 0.656. The van der Waals surface area contributed by atoms with E-state index in [1.54, 1.807) is 18.2 Å². The molecule has 0 aliphatic rings. The van der Waals surface area contributed by atoms with E-state index in [4.69, 9.17) is 18.2 Å². The van der Waals surface area contributed by atoms with E-state index in [0.717, 1.165) is 0 Å². The molecule has 2 aromatic carbocycles. The molecular weight excluding hydrogens is 250 g/mol. The highest BCUT2D eigenvalue weighted by molar-refractivity contribution is 6.31. The monoisotopic (exact) mass is 257 g/mol. The lowest BCUT2D eigenvalue weighted by molar-refractivity contribution is 0.103. The van der Waals surface area contributed by atoms with Crippen LogP contribution in [0.3, 0.4) is 0 Å². The number of aromatic hydroxyl groups is 1. The first-order valence-electron chi connectivity index (χ1n) is 5.12. The van der Waals surface area contributed by atoms with E-state index >= 15 is 0 Å². The number of rotatable bonds is 2. The van der Waals surface area contributed by atoms with E-state index in [2.05, 4.69) is 4.85 Å². The maximum Gasteiger partial charge on any atom is 0.195 e. The van der Waals surface area contributed by atoms with E-state index in [9.17, 15) is 9.90 Å². The molecule has 2 aromatic rings. The van der Waals surface area contributed by atoms with E-state index in [-0.39, 0.29) is 17.1 Å². The first kappa shape index (κ1) is 12.2. The van der Waals surface area contributed by atoms with Gasteiger partial charge in [0, 0.05) is 10.6 Å². The summed E-state index contributed by atoms with van der Waals surface area (Å²) < 4.78 is 0. The van der Waals surface area contributed by atoms with Gasteiger partial charge in [-0.1, -0.05) is 29.8 Å². The Morgan fingerprint density at radius 3 is 2.72 bits per heavy atom. The van der Waals surface area contributed by atoms with Crippen molar-refractivity contribution < 1.29 is 9.90 Å². The Kier molecular flexibility index (Phi) is 3.31. The Morgan fingerprint density at radius 1 is 1.22 bits per heavy atom. The smallest absolute Gasteiger partial charge is 0.195 e. The summed E-state index contributed by atoms with van der Waals surface area (Å²) in [6, 6.07) is 10.6. The Morgan fingerprint density at radius 2 is 2.00 bits per heavy atom. The molecule has 0 radical (unpaired) electrons.